The van der Waals surface area contributed by atoms with Crippen LogP contribution in [-0.2, 0) is 4.79 Å². The maximum atomic E-state index is 10.5. The van der Waals surface area contributed by atoms with Gasteiger partial charge in [-0.25, -0.2) is 0 Å². The van der Waals surface area contributed by atoms with Crippen molar-refractivity contribution in [2.75, 3.05) is 11.9 Å². The van der Waals surface area contributed by atoms with Crippen LogP contribution in [0.3, 0.4) is 0 Å². The van der Waals surface area contributed by atoms with E-state index >= 15 is 0 Å². The average Bonchev–Trinajstić information content (AvgIpc) is 2.58. The van der Waals surface area contributed by atoms with Crippen LogP contribution >= 0.6 is 11.5 Å². The number of carbonyl (C=O) groups is 1. The summed E-state index contributed by atoms with van der Waals surface area (Å²) >= 11 is 1.29. The van der Waals surface area contributed by atoms with Gasteiger partial charge in [0.25, 0.3) is 0 Å². The normalized spacial score (nSPS) is 9.75. The van der Waals surface area contributed by atoms with Gasteiger partial charge in [0.2, 0.25) is 5.91 Å². The molecule has 1 rings (SSSR count). The van der Waals surface area contributed by atoms with Crippen molar-refractivity contribution in [1.82, 2.24) is 4.37 Å². The average molecular weight is 238 g/mol. The summed E-state index contributed by atoms with van der Waals surface area (Å²) in [5, 5.41) is 12.8. The Kier molecular flexibility index (Phi) is 4.73. The second kappa shape index (κ2) is 6.08. The molecule has 1 heterocycles. The summed E-state index contributed by atoms with van der Waals surface area (Å²) in [6.45, 7) is 2.54. The van der Waals surface area contributed by atoms with Crippen molar-refractivity contribution in [2.45, 2.75) is 26.2 Å². The van der Waals surface area contributed by atoms with Gasteiger partial charge in [-0.05, 0) is 31.3 Å². The van der Waals surface area contributed by atoms with Gasteiger partial charge in [-0.3, -0.25) is 4.79 Å². The summed E-state index contributed by atoms with van der Waals surface area (Å²) in [6.07, 6.45) is 2.03. The van der Waals surface area contributed by atoms with Gasteiger partial charge in [0.1, 0.15) is 16.6 Å². The Morgan fingerprint density at radius 1 is 1.62 bits per heavy atom. The fourth-order valence-electron chi connectivity index (χ4n) is 1.25. The topological polar surface area (TPSA) is 91.8 Å². The molecule has 0 aliphatic carbocycles. The first-order valence-electron chi connectivity index (χ1n) is 5.03. The van der Waals surface area contributed by atoms with Crippen LogP contribution in [-0.4, -0.2) is 16.8 Å². The lowest BCUT2D eigenvalue weighted by molar-refractivity contribution is -0.118. The van der Waals surface area contributed by atoms with Gasteiger partial charge in [0, 0.05) is 13.0 Å². The van der Waals surface area contributed by atoms with Crippen LogP contribution in [0.25, 0.3) is 0 Å². The lowest BCUT2D eigenvalue weighted by Gasteiger charge is -2.02. The van der Waals surface area contributed by atoms with Crippen molar-refractivity contribution in [1.29, 1.82) is 5.26 Å². The van der Waals surface area contributed by atoms with E-state index in [1.165, 1.54) is 11.5 Å². The number of rotatable bonds is 6. The highest BCUT2D eigenvalue weighted by Crippen LogP contribution is 2.23. The second-order valence-electron chi connectivity index (χ2n) is 3.43. The van der Waals surface area contributed by atoms with Crippen molar-refractivity contribution >= 4 is 22.4 Å². The van der Waals surface area contributed by atoms with Crippen LogP contribution in [0.5, 0.6) is 0 Å². The van der Waals surface area contributed by atoms with Gasteiger partial charge in [-0.2, -0.15) is 9.64 Å². The molecule has 0 aliphatic heterocycles. The number of hydrogen-bond acceptors (Lipinski definition) is 5. The third-order valence-electron chi connectivity index (χ3n) is 2.11. The van der Waals surface area contributed by atoms with Crippen molar-refractivity contribution < 1.29 is 4.79 Å². The molecule has 3 N–H and O–H groups in total. The number of aromatic nitrogens is 1. The molecule has 0 unspecified atom stereocenters. The number of anilines is 1. The molecule has 16 heavy (non-hydrogen) atoms. The first-order valence-corrected chi connectivity index (χ1v) is 5.81. The maximum Gasteiger partial charge on any atom is 0.217 e. The van der Waals surface area contributed by atoms with E-state index in [9.17, 15) is 4.79 Å². The van der Waals surface area contributed by atoms with E-state index in [4.69, 9.17) is 11.0 Å². The van der Waals surface area contributed by atoms with Crippen LogP contribution in [0.4, 0.5) is 5.00 Å². The second-order valence-corrected chi connectivity index (χ2v) is 4.21. The summed E-state index contributed by atoms with van der Waals surface area (Å²) in [5.41, 5.74) is 6.39. The molecular formula is C10H14N4OS. The zero-order chi connectivity index (χ0) is 12.0. The Bertz CT molecular complexity index is 407. The van der Waals surface area contributed by atoms with Crippen LogP contribution in [0.15, 0.2) is 0 Å². The number of aryl methyl sites for hydroxylation is 1. The fraction of sp³-hybridized carbons (Fsp3) is 0.500. The van der Waals surface area contributed by atoms with Gasteiger partial charge in [0.05, 0.1) is 5.69 Å². The van der Waals surface area contributed by atoms with Gasteiger partial charge < -0.3 is 11.1 Å². The summed E-state index contributed by atoms with van der Waals surface area (Å²) < 4.78 is 4.10. The molecule has 0 radical (unpaired) electrons. The first kappa shape index (κ1) is 12.5. The van der Waals surface area contributed by atoms with Crippen molar-refractivity contribution in [3.05, 3.63) is 11.3 Å². The number of unbranched alkanes of at least 4 members (excludes halogenated alkanes) is 1. The number of carbonyl (C=O) groups excluding carboxylic acids is 1. The summed E-state index contributed by atoms with van der Waals surface area (Å²) in [6, 6.07) is 2.11. The Labute approximate surface area is 98.4 Å². The molecule has 0 atom stereocenters. The minimum atomic E-state index is -0.272. The van der Waals surface area contributed by atoms with Crippen LogP contribution in [0.1, 0.15) is 30.5 Å². The van der Waals surface area contributed by atoms with E-state index in [0.29, 0.717) is 12.0 Å². The third kappa shape index (κ3) is 3.51. The summed E-state index contributed by atoms with van der Waals surface area (Å²) in [4.78, 5) is 10.5. The Hall–Kier alpha value is -1.61. The minimum Gasteiger partial charge on any atom is -0.375 e. The fourth-order valence-corrected chi connectivity index (χ4v) is 2.02. The van der Waals surface area contributed by atoms with Crippen LogP contribution in [0, 0.1) is 18.3 Å². The molecule has 86 valence electrons. The van der Waals surface area contributed by atoms with E-state index in [1.807, 2.05) is 6.92 Å². The molecule has 1 aromatic rings. The lowest BCUT2D eigenvalue weighted by atomic mass is 10.2. The lowest BCUT2D eigenvalue weighted by Crippen LogP contribution is -2.10. The van der Waals surface area contributed by atoms with Gasteiger partial charge in [0.15, 0.2) is 0 Å². The smallest absolute Gasteiger partial charge is 0.217 e. The molecule has 1 aromatic heterocycles. The predicted molar refractivity (Wildman–Crippen MR) is 63.1 cm³/mol. The SMILES string of the molecule is Cc1nsc(NCCCCC(N)=O)c1C#N. The molecule has 0 spiro atoms. The maximum absolute atomic E-state index is 10.5. The van der Waals surface area contributed by atoms with E-state index < -0.39 is 0 Å². The van der Waals surface area contributed by atoms with E-state index in [-0.39, 0.29) is 5.91 Å². The predicted octanol–water partition coefficient (Wildman–Crippen LogP) is 1.39. The number of nitrogens with two attached hydrogens (primary N) is 1. The molecule has 1 amide bonds. The highest BCUT2D eigenvalue weighted by molar-refractivity contribution is 7.10. The molecule has 6 heteroatoms. The Morgan fingerprint density at radius 2 is 2.38 bits per heavy atom. The largest absolute Gasteiger partial charge is 0.375 e. The highest BCUT2D eigenvalue weighted by atomic mass is 32.1. The van der Waals surface area contributed by atoms with Crippen molar-refractivity contribution in [2.24, 2.45) is 5.73 Å². The molecule has 0 aliphatic rings. The van der Waals surface area contributed by atoms with Crippen molar-refractivity contribution in [3.8, 4) is 6.07 Å². The molecule has 0 bridgehead atoms. The molecule has 0 saturated heterocycles. The quantitative estimate of drug-likeness (QED) is 0.732. The molecule has 0 aromatic carbocycles. The Morgan fingerprint density at radius 3 is 3.00 bits per heavy atom. The van der Waals surface area contributed by atoms with Crippen LogP contribution < -0.4 is 11.1 Å². The number of amides is 1. The first-order chi connectivity index (χ1) is 7.65. The molecule has 5 nitrogen and oxygen atoms in total. The van der Waals surface area contributed by atoms with Gasteiger partial charge in [-0.15, -0.1) is 0 Å². The van der Waals surface area contributed by atoms with E-state index in [1.54, 1.807) is 0 Å². The molecular weight excluding hydrogens is 224 g/mol. The standard InChI is InChI=1S/C10H14N4OS/c1-7-8(6-11)10(16-14-7)13-5-3-2-4-9(12)15/h13H,2-5H2,1H3,(H2,12,15). The monoisotopic (exact) mass is 238 g/mol. The summed E-state index contributed by atoms with van der Waals surface area (Å²) in [7, 11) is 0. The number of nitriles is 1. The zero-order valence-corrected chi connectivity index (χ0v) is 9.93. The zero-order valence-electron chi connectivity index (χ0n) is 9.12. The van der Waals surface area contributed by atoms with Gasteiger partial charge in [-0.1, -0.05) is 0 Å². The third-order valence-corrected chi connectivity index (χ3v) is 3.01. The number of nitrogens with one attached hydrogen (secondary N) is 1. The van der Waals surface area contributed by atoms with E-state index in [0.717, 1.165) is 30.1 Å². The Balaban J connectivity index is 2.32. The molecule has 0 saturated carbocycles. The summed E-state index contributed by atoms with van der Waals surface area (Å²) in [5.74, 6) is -0.272. The van der Waals surface area contributed by atoms with Gasteiger partial charge >= 0.3 is 0 Å². The minimum absolute atomic E-state index is 0.272. The number of primary amides is 1. The molecule has 0 fully saturated rings. The number of hydrogen-bond donors (Lipinski definition) is 2. The van der Waals surface area contributed by atoms with Crippen LogP contribution in [0.2, 0.25) is 0 Å². The highest BCUT2D eigenvalue weighted by Gasteiger charge is 2.08. The van der Waals surface area contributed by atoms with E-state index in [2.05, 4.69) is 15.8 Å². The van der Waals surface area contributed by atoms with Crippen molar-refractivity contribution in [3.63, 3.8) is 0 Å². The number of nitrogens with zero attached hydrogens (tertiary/aromatic N) is 2.